The molecule has 1 unspecified atom stereocenters. The van der Waals surface area contributed by atoms with Crippen LogP contribution in [0.15, 0.2) is 97.2 Å². The molecule has 1 aromatic heterocycles. The normalized spacial score (nSPS) is 21.9. The second-order valence-electron chi connectivity index (χ2n) is 17.5. The number of hydrogen-bond acceptors (Lipinski definition) is 10. The number of carbonyl (C=O) groups excluding carboxylic acids is 2. The van der Waals surface area contributed by atoms with Crippen LogP contribution in [0, 0.1) is 5.92 Å². The minimum Gasteiger partial charge on any atom is -0.497 e. The fourth-order valence-corrected chi connectivity index (χ4v) is 14.3. The molecule has 2 amide bonds. The van der Waals surface area contributed by atoms with Crippen molar-refractivity contribution < 1.29 is 34.0 Å². The van der Waals surface area contributed by atoms with Crippen molar-refractivity contribution in [3.63, 3.8) is 0 Å². The standard InChI is InChI=1S/C49H60N6O7Si/c1-6-61-39-19-22-43-35(29-39)30-42(50-25-9-10-27-56)47(58)55(43)37-15-13-34(14-16-37)31-54-44-12-8-7-11-41(44)49(48(54)59)33(2)46(63(4,5)40-20-17-38(60-3)18-21-40)45(62-49)23-26-53-32-36(24-28-57)51-52-53/h7-8,11-22,29,32-33,42,45-46,50,56-57H,6,9-10,23-28,30-31H2,1-5H3/t33-,42?,45+,46-,49+/m1/s1. The zero-order valence-electron chi connectivity index (χ0n) is 37.0. The number of methoxy groups -OCH3 is 1. The molecule has 0 aliphatic carbocycles. The van der Waals surface area contributed by atoms with Crippen molar-refractivity contribution in [1.82, 2.24) is 20.3 Å². The number of fused-ring (bicyclic) bond motifs is 3. The van der Waals surface area contributed by atoms with Gasteiger partial charge in [0, 0.05) is 49.5 Å². The minimum absolute atomic E-state index is 0.00447. The zero-order valence-corrected chi connectivity index (χ0v) is 38.0. The molecule has 3 N–H and O–H groups in total. The zero-order chi connectivity index (χ0) is 44.3. The maximum atomic E-state index is 15.4. The third-order valence-corrected chi connectivity index (χ3v) is 17.8. The lowest BCUT2D eigenvalue weighted by Gasteiger charge is -2.37. The molecule has 5 aromatic rings. The average Bonchev–Trinajstić information content (AvgIpc) is 3.94. The van der Waals surface area contributed by atoms with Crippen molar-refractivity contribution in [2.75, 3.05) is 43.3 Å². The number of nitrogens with zero attached hydrogens (tertiary/aromatic N) is 5. The molecule has 3 aliphatic heterocycles. The van der Waals surface area contributed by atoms with E-state index in [9.17, 15) is 15.0 Å². The van der Waals surface area contributed by atoms with Crippen molar-refractivity contribution in [3.8, 4) is 11.5 Å². The highest BCUT2D eigenvalue weighted by Crippen LogP contribution is 2.60. The van der Waals surface area contributed by atoms with E-state index in [-0.39, 0.29) is 42.6 Å². The molecular weight excluding hydrogens is 813 g/mol. The number of aliphatic hydroxyl groups excluding tert-OH is 2. The van der Waals surface area contributed by atoms with Crippen LogP contribution in [-0.2, 0) is 45.9 Å². The number of aryl methyl sites for hydroxylation is 1. The second kappa shape index (κ2) is 18.8. The maximum absolute atomic E-state index is 15.4. The summed E-state index contributed by atoms with van der Waals surface area (Å²) in [6, 6.07) is 29.8. The van der Waals surface area contributed by atoms with Crippen LogP contribution in [-0.4, -0.2) is 90.7 Å². The van der Waals surface area contributed by atoms with Crippen LogP contribution in [0.2, 0.25) is 18.6 Å². The summed E-state index contributed by atoms with van der Waals surface area (Å²) >= 11 is 0. The number of hydrogen-bond donors (Lipinski definition) is 3. The van der Waals surface area contributed by atoms with E-state index in [0.717, 1.165) is 57.4 Å². The number of unbranched alkanes of at least 4 members (excludes halogenated alkanes) is 1. The highest BCUT2D eigenvalue weighted by atomic mass is 28.3. The SMILES string of the molecule is CCOc1ccc2c(c1)CC(NCCCCO)C(=O)N2c1ccc(CN2C(=O)[C@@]3(O[C@@H](CCn4cc(CCO)nn4)[C@H]([Si](C)(C)c4ccc(OC)cc4)[C@H]3C)c3ccccc32)cc1. The molecule has 3 aliphatic rings. The van der Waals surface area contributed by atoms with Crippen LogP contribution < -0.4 is 29.8 Å². The molecule has 1 saturated heterocycles. The number of para-hydroxylation sites is 1. The van der Waals surface area contributed by atoms with E-state index < -0.39 is 19.7 Å². The van der Waals surface area contributed by atoms with Gasteiger partial charge in [-0.1, -0.05) is 72.9 Å². The lowest BCUT2D eigenvalue weighted by molar-refractivity contribution is -0.146. The summed E-state index contributed by atoms with van der Waals surface area (Å²) in [5.74, 6) is 1.29. The van der Waals surface area contributed by atoms with Gasteiger partial charge >= 0.3 is 0 Å². The Bertz CT molecular complexity index is 2390. The number of aromatic nitrogens is 3. The Morgan fingerprint density at radius 1 is 0.937 bits per heavy atom. The Morgan fingerprint density at radius 3 is 2.43 bits per heavy atom. The van der Waals surface area contributed by atoms with Crippen LogP contribution >= 0.6 is 0 Å². The average molecular weight is 873 g/mol. The van der Waals surface area contributed by atoms with Crippen molar-refractivity contribution in [1.29, 1.82) is 0 Å². The summed E-state index contributed by atoms with van der Waals surface area (Å²) in [6.45, 7) is 11.1. The van der Waals surface area contributed by atoms with E-state index in [1.54, 1.807) is 12.0 Å². The molecule has 63 heavy (non-hydrogen) atoms. The molecule has 13 nitrogen and oxygen atoms in total. The molecule has 4 heterocycles. The molecule has 0 bridgehead atoms. The molecule has 4 aromatic carbocycles. The smallest absolute Gasteiger partial charge is 0.264 e. The molecule has 1 spiro atoms. The van der Waals surface area contributed by atoms with Crippen molar-refractivity contribution in [2.45, 2.75) is 95.4 Å². The van der Waals surface area contributed by atoms with Crippen LogP contribution in [0.4, 0.5) is 17.1 Å². The van der Waals surface area contributed by atoms with Gasteiger partial charge in [-0.3, -0.25) is 19.2 Å². The summed E-state index contributed by atoms with van der Waals surface area (Å²) in [4.78, 5) is 33.2. The number of rotatable bonds is 18. The summed E-state index contributed by atoms with van der Waals surface area (Å²) in [6.07, 6.45) is 4.67. The van der Waals surface area contributed by atoms with Crippen molar-refractivity contribution >= 4 is 42.1 Å². The fraction of sp³-hybridized carbons (Fsp3) is 0.429. The van der Waals surface area contributed by atoms with E-state index >= 15 is 4.79 Å². The summed E-state index contributed by atoms with van der Waals surface area (Å²) < 4.78 is 20.5. The molecule has 332 valence electrons. The van der Waals surface area contributed by atoms with Crippen LogP contribution in [0.1, 0.15) is 55.5 Å². The number of benzene rings is 4. The number of anilines is 3. The first-order valence-corrected chi connectivity index (χ1v) is 25.4. The third-order valence-electron chi connectivity index (χ3n) is 13.4. The third kappa shape index (κ3) is 8.42. The Kier molecular flexibility index (Phi) is 13.2. The summed E-state index contributed by atoms with van der Waals surface area (Å²) in [5, 5.41) is 32.1. The molecule has 1 fully saturated rings. The topological polar surface area (TPSA) is 152 Å². The first kappa shape index (κ1) is 44.2. The summed E-state index contributed by atoms with van der Waals surface area (Å²) in [5.41, 5.74) is 4.82. The molecule has 0 saturated carbocycles. The molecule has 8 rings (SSSR count). The number of nitrogens with one attached hydrogen (secondary N) is 1. The summed E-state index contributed by atoms with van der Waals surface area (Å²) in [7, 11) is -0.681. The van der Waals surface area contributed by atoms with E-state index in [1.165, 1.54) is 5.19 Å². The van der Waals surface area contributed by atoms with Crippen LogP contribution in [0.25, 0.3) is 0 Å². The van der Waals surface area contributed by atoms with Gasteiger partial charge in [-0.2, -0.15) is 0 Å². The number of amides is 2. The first-order chi connectivity index (χ1) is 30.5. The van der Waals surface area contributed by atoms with E-state index in [1.807, 2.05) is 95.5 Å². The quantitative estimate of drug-likeness (QED) is 0.0704. The van der Waals surface area contributed by atoms with Gasteiger partial charge in [0.1, 0.15) is 11.5 Å². The predicted octanol–water partition coefficient (Wildman–Crippen LogP) is 6.02. The Morgan fingerprint density at radius 2 is 1.70 bits per heavy atom. The number of aliphatic hydroxyl groups is 2. The maximum Gasteiger partial charge on any atom is 0.264 e. The van der Waals surface area contributed by atoms with Gasteiger partial charge in [0.05, 0.1) is 57.5 Å². The van der Waals surface area contributed by atoms with E-state index in [4.69, 9.17) is 14.2 Å². The van der Waals surface area contributed by atoms with Gasteiger partial charge in [0.25, 0.3) is 5.91 Å². The lowest BCUT2D eigenvalue weighted by Crippen LogP contribution is -2.51. The number of ether oxygens (including phenoxy) is 3. The molecule has 14 heteroatoms. The number of carbonyl (C=O) groups is 2. The van der Waals surface area contributed by atoms with Gasteiger partial charge in [-0.15, -0.1) is 5.10 Å². The Labute approximate surface area is 371 Å². The molecule has 5 atom stereocenters. The van der Waals surface area contributed by atoms with Gasteiger partial charge < -0.3 is 34.6 Å². The van der Waals surface area contributed by atoms with Gasteiger partial charge in [-0.25, -0.2) is 0 Å². The predicted molar refractivity (Wildman–Crippen MR) is 246 cm³/mol. The second-order valence-corrected chi connectivity index (χ2v) is 22.2. The highest BCUT2D eigenvalue weighted by Gasteiger charge is 2.66. The first-order valence-electron chi connectivity index (χ1n) is 22.3. The minimum atomic E-state index is -2.36. The van der Waals surface area contributed by atoms with Crippen molar-refractivity contribution in [3.05, 3.63) is 120 Å². The molecular formula is C49H60N6O7Si. The lowest BCUT2D eigenvalue weighted by atomic mass is 9.82. The van der Waals surface area contributed by atoms with Crippen LogP contribution in [0.3, 0.4) is 0 Å². The Hall–Kier alpha value is -5.38. The Balaban J connectivity index is 1.09. The monoisotopic (exact) mass is 872 g/mol. The molecule has 0 radical (unpaired) electrons. The van der Waals surface area contributed by atoms with Gasteiger partial charge in [0.15, 0.2) is 5.60 Å². The largest absolute Gasteiger partial charge is 0.497 e. The fourth-order valence-electron chi connectivity index (χ4n) is 10.3. The highest BCUT2D eigenvalue weighted by molar-refractivity contribution is 6.91. The van der Waals surface area contributed by atoms with Crippen molar-refractivity contribution in [2.24, 2.45) is 5.92 Å². The van der Waals surface area contributed by atoms with Gasteiger partial charge in [-0.05, 0) is 104 Å². The van der Waals surface area contributed by atoms with Gasteiger partial charge in [0.2, 0.25) is 5.91 Å². The van der Waals surface area contributed by atoms with E-state index in [0.29, 0.717) is 51.9 Å². The van der Waals surface area contributed by atoms with E-state index in [2.05, 4.69) is 53.8 Å². The van der Waals surface area contributed by atoms with Crippen LogP contribution in [0.5, 0.6) is 11.5 Å².